The Labute approximate surface area is 147 Å². The van der Waals surface area contributed by atoms with E-state index in [1.807, 2.05) is 36.4 Å². The van der Waals surface area contributed by atoms with E-state index in [9.17, 15) is 4.79 Å². The number of carbonyl (C=O) groups is 1. The largest absolute Gasteiger partial charge is 0.396 e. The summed E-state index contributed by atoms with van der Waals surface area (Å²) in [4.78, 5) is 12.1. The molecule has 4 rings (SSSR count). The highest BCUT2D eigenvalue weighted by molar-refractivity contribution is 6.01. The minimum absolute atomic E-state index is 0.140. The monoisotopic (exact) mass is 333 g/mol. The van der Waals surface area contributed by atoms with Crippen molar-refractivity contribution >= 4 is 28.2 Å². The number of hydrogen-bond donors (Lipinski definition) is 2. The van der Waals surface area contributed by atoms with Crippen LogP contribution in [0.25, 0.3) is 22.2 Å². The van der Waals surface area contributed by atoms with Crippen LogP contribution in [-0.4, -0.2) is 10.5 Å². The summed E-state index contributed by atoms with van der Waals surface area (Å²) in [6.07, 6.45) is 3.19. The predicted molar refractivity (Wildman–Crippen MR) is 103 cm³/mol. The van der Waals surface area contributed by atoms with E-state index in [1.54, 1.807) is 0 Å². The van der Waals surface area contributed by atoms with Crippen molar-refractivity contribution in [1.29, 1.82) is 0 Å². The summed E-state index contributed by atoms with van der Waals surface area (Å²) in [5.41, 5.74) is 11.4. The lowest BCUT2D eigenvalue weighted by molar-refractivity contribution is -0.122. The van der Waals surface area contributed by atoms with Gasteiger partial charge in [0.05, 0.1) is 16.9 Å². The molecule has 1 aliphatic carbocycles. The van der Waals surface area contributed by atoms with Gasteiger partial charge in [0.15, 0.2) is 0 Å². The topological polar surface area (TPSA) is 60.0 Å². The van der Waals surface area contributed by atoms with Crippen LogP contribution in [0.5, 0.6) is 0 Å². The Morgan fingerprint density at radius 3 is 2.52 bits per heavy atom. The number of aryl methyl sites for hydroxylation is 1. The molecule has 0 radical (unpaired) electrons. The minimum atomic E-state index is 0.140. The molecule has 128 valence electrons. The zero-order valence-electron chi connectivity index (χ0n) is 14.5. The number of carbonyl (C=O) groups excluding carboxylic acids is 1. The second-order valence-corrected chi connectivity index (χ2v) is 6.72. The number of nitrogen functional groups attached to an aromatic ring is 1. The Morgan fingerprint density at radius 1 is 1.16 bits per heavy atom. The zero-order valence-corrected chi connectivity index (χ0v) is 14.5. The number of nitrogens with zero attached hydrogens (tertiary/aromatic N) is 1. The lowest BCUT2D eigenvalue weighted by Crippen LogP contribution is -2.27. The van der Waals surface area contributed by atoms with Gasteiger partial charge in [-0.2, -0.15) is 0 Å². The predicted octanol–water partition coefficient (Wildman–Crippen LogP) is 4.65. The third kappa shape index (κ3) is 2.68. The summed E-state index contributed by atoms with van der Waals surface area (Å²) < 4.78 is 2.24. The average molecular weight is 333 g/mol. The molecular weight excluding hydrogens is 310 g/mol. The van der Waals surface area contributed by atoms with E-state index >= 15 is 0 Å². The molecule has 2 aromatic carbocycles. The van der Waals surface area contributed by atoms with Gasteiger partial charge in [-0.3, -0.25) is 4.79 Å². The summed E-state index contributed by atoms with van der Waals surface area (Å²) in [7, 11) is 0. The maximum atomic E-state index is 12.1. The number of nitrogens with two attached hydrogens (primary N) is 1. The number of para-hydroxylation sites is 1. The van der Waals surface area contributed by atoms with Gasteiger partial charge in [0.1, 0.15) is 0 Å². The molecule has 1 aliphatic rings. The van der Waals surface area contributed by atoms with Crippen molar-refractivity contribution in [2.75, 3.05) is 11.1 Å². The van der Waals surface area contributed by atoms with Gasteiger partial charge >= 0.3 is 0 Å². The molecule has 1 heterocycles. The number of anilines is 2. The van der Waals surface area contributed by atoms with E-state index in [4.69, 9.17) is 5.73 Å². The first kappa shape index (κ1) is 15.8. The van der Waals surface area contributed by atoms with E-state index in [1.165, 1.54) is 0 Å². The fourth-order valence-corrected chi connectivity index (χ4v) is 3.60. The first-order valence-corrected chi connectivity index (χ1v) is 8.97. The molecule has 0 atom stereocenters. The van der Waals surface area contributed by atoms with E-state index in [0.717, 1.165) is 59.3 Å². The maximum Gasteiger partial charge on any atom is 0.227 e. The minimum Gasteiger partial charge on any atom is -0.396 e. The molecular formula is C21H23N3O. The molecule has 1 aromatic heterocycles. The highest BCUT2D eigenvalue weighted by Crippen LogP contribution is 2.36. The van der Waals surface area contributed by atoms with Crippen molar-refractivity contribution in [1.82, 2.24) is 4.57 Å². The quantitative estimate of drug-likeness (QED) is 0.730. The van der Waals surface area contributed by atoms with Gasteiger partial charge in [-0.25, -0.2) is 0 Å². The number of benzene rings is 2. The number of aromatic nitrogens is 1. The van der Waals surface area contributed by atoms with E-state index < -0.39 is 0 Å². The maximum absolute atomic E-state index is 12.1. The zero-order chi connectivity index (χ0) is 17.4. The van der Waals surface area contributed by atoms with Crippen molar-refractivity contribution in [3.8, 4) is 11.3 Å². The molecule has 0 saturated heterocycles. The van der Waals surface area contributed by atoms with E-state index in [-0.39, 0.29) is 11.8 Å². The molecule has 1 saturated carbocycles. The fraction of sp³-hybridized carbons (Fsp3) is 0.286. The molecule has 4 nitrogen and oxygen atoms in total. The molecule has 1 fully saturated rings. The van der Waals surface area contributed by atoms with Crippen LogP contribution in [0.3, 0.4) is 0 Å². The first-order valence-electron chi connectivity index (χ1n) is 8.97. The van der Waals surface area contributed by atoms with Gasteiger partial charge in [0.25, 0.3) is 0 Å². The average Bonchev–Trinajstić information content (AvgIpc) is 2.86. The number of hydrogen-bond acceptors (Lipinski definition) is 2. The van der Waals surface area contributed by atoms with E-state index in [0.29, 0.717) is 0 Å². The van der Waals surface area contributed by atoms with Crippen LogP contribution in [0.1, 0.15) is 26.2 Å². The second-order valence-electron chi connectivity index (χ2n) is 6.72. The third-order valence-electron chi connectivity index (χ3n) is 5.23. The van der Waals surface area contributed by atoms with Gasteiger partial charge in [-0.05, 0) is 38.0 Å². The van der Waals surface area contributed by atoms with Crippen LogP contribution in [0.4, 0.5) is 11.4 Å². The van der Waals surface area contributed by atoms with Crippen molar-refractivity contribution in [3.05, 3.63) is 48.5 Å². The molecule has 3 aromatic rings. The normalized spacial score (nSPS) is 14.4. The Bertz CT molecular complexity index is 920. The third-order valence-corrected chi connectivity index (χ3v) is 5.23. The summed E-state index contributed by atoms with van der Waals surface area (Å²) in [5.74, 6) is 0.333. The summed E-state index contributed by atoms with van der Waals surface area (Å²) in [6, 6.07) is 16.2. The molecule has 25 heavy (non-hydrogen) atoms. The van der Waals surface area contributed by atoms with Crippen LogP contribution in [0.2, 0.25) is 0 Å². The van der Waals surface area contributed by atoms with Crippen LogP contribution in [0, 0.1) is 5.92 Å². The first-order chi connectivity index (χ1) is 12.2. The van der Waals surface area contributed by atoms with Gasteiger partial charge in [-0.1, -0.05) is 36.8 Å². The molecule has 0 bridgehead atoms. The van der Waals surface area contributed by atoms with Gasteiger partial charge in [0, 0.05) is 29.1 Å². The molecule has 1 amide bonds. The molecule has 0 aliphatic heterocycles. The Morgan fingerprint density at radius 2 is 1.88 bits per heavy atom. The molecule has 3 N–H and O–H groups in total. The number of fused-ring (bicyclic) bond motifs is 1. The number of amides is 1. The Balaban J connectivity index is 1.67. The highest BCUT2D eigenvalue weighted by atomic mass is 16.1. The Hall–Kier alpha value is -2.75. The van der Waals surface area contributed by atoms with Gasteiger partial charge < -0.3 is 15.6 Å². The Kier molecular flexibility index (Phi) is 3.96. The van der Waals surface area contributed by atoms with Crippen molar-refractivity contribution in [3.63, 3.8) is 0 Å². The van der Waals surface area contributed by atoms with Crippen LogP contribution >= 0.6 is 0 Å². The van der Waals surface area contributed by atoms with Gasteiger partial charge in [-0.15, -0.1) is 0 Å². The standard InChI is InChI=1S/C21H23N3O/c1-2-24-18-9-4-3-8-17(18)19(22)20(24)14-10-12-16(13-11-14)23-21(25)15-6-5-7-15/h3-4,8-13,15H,2,5-7,22H2,1H3,(H,23,25). The smallest absolute Gasteiger partial charge is 0.227 e. The lowest BCUT2D eigenvalue weighted by atomic mass is 9.85. The molecule has 0 spiro atoms. The summed E-state index contributed by atoms with van der Waals surface area (Å²) in [6.45, 7) is 2.98. The van der Waals surface area contributed by atoms with E-state index in [2.05, 4.69) is 28.9 Å². The van der Waals surface area contributed by atoms with Crippen molar-refractivity contribution in [2.45, 2.75) is 32.7 Å². The second kappa shape index (κ2) is 6.28. The molecule has 0 unspecified atom stereocenters. The summed E-state index contributed by atoms with van der Waals surface area (Å²) >= 11 is 0. The van der Waals surface area contributed by atoms with Crippen molar-refractivity contribution < 1.29 is 4.79 Å². The molecule has 4 heteroatoms. The van der Waals surface area contributed by atoms with Gasteiger partial charge in [0.2, 0.25) is 5.91 Å². The van der Waals surface area contributed by atoms with Crippen LogP contribution < -0.4 is 11.1 Å². The fourth-order valence-electron chi connectivity index (χ4n) is 3.60. The summed E-state index contributed by atoms with van der Waals surface area (Å²) in [5, 5.41) is 4.10. The highest BCUT2D eigenvalue weighted by Gasteiger charge is 2.25. The SMILES string of the molecule is CCn1c(-c2ccc(NC(=O)C3CCC3)cc2)c(N)c2ccccc21. The lowest BCUT2D eigenvalue weighted by Gasteiger charge is -2.24. The number of nitrogens with one attached hydrogen (secondary N) is 1. The van der Waals surface area contributed by atoms with Crippen molar-refractivity contribution in [2.24, 2.45) is 5.92 Å². The number of rotatable bonds is 4. The van der Waals surface area contributed by atoms with Crippen LogP contribution in [0.15, 0.2) is 48.5 Å². The van der Waals surface area contributed by atoms with Crippen LogP contribution in [-0.2, 0) is 11.3 Å².